The summed E-state index contributed by atoms with van der Waals surface area (Å²) in [6, 6.07) is 15.9. The first-order valence-electron chi connectivity index (χ1n) is 9.98. The van der Waals surface area contributed by atoms with E-state index in [0.717, 1.165) is 47.6 Å². The zero-order valence-electron chi connectivity index (χ0n) is 17.1. The van der Waals surface area contributed by atoms with E-state index in [1.165, 1.54) is 5.57 Å². The molecule has 0 saturated heterocycles. The normalized spacial score (nSPS) is 22.2. The molecule has 1 fully saturated rings. The van der Waals surface area contributed by atoms with E-state index in [4.69, 9.17) is 14.6 Å². The maximum Gasteiger partial charge on any atom is 0.240 e. The second kappa shape index (κ2) is 8.11. The second-order valence-corrected chi connectivity index (χ2v) is 7.51. The van der Waals surface area contributed by atoms with Crippen LogP contribution in [0.4, 0.5) is 0 Å². The molecule has 2 aromatic carbocycles. The molecule has 2 aliphatic rings. The van der Waals surface area contributed by atoms with Gasteiger partial charge in [-0.1, -0.05) is 24.3 Å². The van der Waals surface area contributed by atoms with Gasteiger partial charge in [-0.15, -0.1) is 0 Å². The number of rotatable bonds is 4. The molecule has 4 rings (SSSR count). The average molecular weight is 390 g/mol. The molecule has 150 valence electrons. The van der Waals surface area contributed by atoms with Crippen molar-refractivity contribution in [2.75, 3.05) is 14.2 Å². The minimum atomic E-state index is -0.0621. The van der Waals surface area contributed by atoms with Gasteiger partial charge in [0.25, 0.3) is 0 Å². The number of benzene rings is 2. The molecule has 1 saturated carbocycles. The molecular formula is C24H26N2O3. The lowest BCUT2D eigenvalue weighted by Gasteiger charge is -2.29. The summed E-state index contributed by atoms with van der Waals surface area (Å²) >= 11 is 0. The molecule has 0 bridgehead atoms. The van der Waals surface area contributed by atoms with Gasteiger partial charge in [0.1, 0.15) is 11.5 Å². The third-order valence-electron chi connectivity index (χ3n) is 5.74. The molecule has 2 atom stereocenters. The lowest BCUT2D eigenvalue weighted by Crippen LogP contribution is -2.30. The number of hydrogen-bond acceptors (Lipinski definition) is 4. The molecular weight excluding hydrogens is 364 g/mol. The van der Waals surface area contributed by atoms with Crippen LogP contribution in [-0.4, -0.2) is 30.8 Å². The van der Waals surface area contributed by atoms with Gasteiger partial charge in [0.2, 0.25) is 5.91 Å². The molecule has 1 heterocycles. The smallest absolute Gasteiger partial charge is 0.240 e. The molecule has 5 heteroatoms. The van der Waals surface area contributed by atoms with Crippen molar-refractivity contribution in [3.8, 4) is 11.5 Å². The number of carbonyl (C=O) groups is 1. The summed E-state index contributed by atoms with van der Waals surface area (Å²) in [6.07, 6.45) is 5.28. The van der Waals surface area contributed by atoms with Crippen LogP contribution in [0.25, 0.3) is 6.08 Å². The summed E-state index contributed by atoms with van der Waals surface area (Å²) in [5, 5.41) is 6.46. The number of carbonyl (C=O) groups excluding carboxylic acids is 1. The lowest BCUT2D eigenvalue weighted by atomic mass is 9.77. The van der Waals surface area contributed by atoms with Gasteiger partial charge in [-0.05, 0) is 66.3 Å². The number of ether oxygens (including phenoxy) is 2. The van der Waals surface area contributed by atoms with Gasteiger partial charge in [-0.2, -0.15) is 5.10 Å². The Balaban J connectivity index is 1.68. The fourth-order valence-electron chi connectivity index (χ4n) is 4.30. The monoisotopic (exact) mass is 390 g/mol. The molecule has 1 aliphatic heterocycles. The van der Waals surface area contributed by atoms with E-state index in [-0.39, 0.29) is 17.9 Å². The Labute approximate surface area is 171 Å². The largest absolute Gasteiger partial charge is 0.497 e. The minimum absolute atomic E-state index is 0.0310. The highest BCUT2D eigenvalue weighted by Gasteiger charge is 2.42. The van der Waals surface area contributed by atoms with Crippen LogP contribution in [-0.2, 0) is 4.79 Å². The fourth-order valence-corrected chi connectivity index (χ4v) is 4.30. The molecule has 2 aromatic rings. The summed E-state index contributed by atoms with van der Waals surface area (Å²) in [4.78, 5) is 12.4. The van der Waals surface area contributed by atoms with Crippen LogP contribution in [0.3, 0.4) is 0 Å². The van der Waals surface area contributed by atoms with Gasteiger partial charge >= 0.3 is 0 Å². The standard InChI is InChI=1S/C24H26N2O3/c1-16(27)26-24(18-9-13-21(29-3)14-10-18)22-6-4-5-19(23(22)25-26)15-17-7-11-20(28-2)12-8-17/h7-15,22,24H,4-6H2,1-3H3/t22-,24-/m0/s1. The van der Waals surface area contributed by atoms with Crippen molar-refractivity contribution in [2.45, 2.75) is 32.2 Å². The highest BCUT2D eigenvalue weighted by atomic mass is 16.5. The van der Waals surface area contributed by atoms with Gasteiger partial charge in [-0.25, -0.2) is 5.01 Å². The number of nitrogens with zero attached hydrogens (tertiary/aromatic N) is 2. The number of methoxy groups -OCH3 is 2. The molecule has 1 aliphatic carbocycles. The Kier molecular flexibility index (Phi) is 5.38. The maximum absolute atomic E-state index is 12.4. The Morgan fingerprint density at radius 2 is 1.66 bits per heavy atom. The fraction of sp³-hybridized carbons (Fsp3) is 0.333. The van der Waals surface area contributed by atoms with Crippen molar-refractivity contribution >= 4 is 17.7 Å². The number of amides is 1. The zero-order valence-corrected chi connectivity index (χ0v) is 17.1. The Bertz CT molecular complexity index is 945. The zero-order chi connectivity index (χ0) is 20.4. The number of hydrazone groups is 1. The van der Waals surface area contributed by atoms with E-state index in [0.29, 0.717) is 0 Å². The second-order valence-electron chi connectivity index (χ2n) is 7.51. The van der Waals surface area contributed by atoms with E-state index < -0.39 is 0 Å². The van der Waals surface area contributed by atoms with Crippen LogP contribution in [0.2, 0.25) is 0 Å². The van der Waals surface area contributed by atoms with Gasteiger partial charge < -0.3 is 9.47 Å². The first kappa shape index (κ1) is 19.2. The van der Waals surface area contributed by atoms with Gasteiger partial charge in [-0.3, -0.25) is 4.79 Å². The van der Waals surface area contributed by atoms with Crippen LogP contribution < -0.4 is 9.47 Å². The molecule has 0 radical (unpaired) electrons. The highest BCUT2D eigenvalue weighted by molar-refractivity contribution is 6.08. The van der Waals surface area contributed by atoms with E-state index in [1.54, 1.807) is 26.2 Å². The summed E-state index contributed by atoms with van der Waals surface area (Å²) in [7, 11) is 3.33. The molecule has 0 spiro atoms. The molecule has 0 unspecified atom stereocenters. The summed E-state index contributed by atoms with van der Waals surface area (Å²) < 4.78 is 10.5. The average Bonchev–Trinajstić information content (AvgIpc) is 3.15. The third-order valence-corrected chi connectivity index (χ3v) is 5.74. The van der Waals surface area contributed by atoms with Crippen LogP contribution >= 0.6 is 0 Å². The first-order valence-corrected chi connectivity index (χ1v) is 9.98. The quantitative estimate of drug-likeness (QED) is 0.750. The Hall–Kier alpha value is -3.08. The van der Waals surface area contributed by atoms with Crippen LogP contribution in [0.5, 0.6) is 11.5 Å². The predicted octanol–water partition coefficient (Wildman–Crippen LogP) is 4.85. The van der Waals surface area contributed by atoms with Crippen molar-refractivity contribution in [1.82, 2.24) is 5.01 Å². The van der Waals surface area contributed by atoms with Gasteiger partial charge in [0, 0.05) is 12.8 Å². The molecule has 0 N–H and O–H groups in total. The van der Waals surface area contributed by atoms with Crippen molar-refractivity contribution in [1.29, 1.82) is 0 Å². The van der Waals surface area contributed by atoms with Crippen molar-refractivity contribution in [3.63, 3.8) is 0 Å². The topological polar surface area (TPSA) is 51.1 Å². The Morgan fingerprint density at radius 3 is 2.24 bits per heavy atom. The number of allylic oxidation sites excluding steroid dienone is 1. The third kappa shape index (κ3) is 3.77. The number of hydrogen-bond donors (Lipinski definition) is 0. The highest BCUT2D eigenvalue weighted by Crippen LogP contribution is 2.44. The van der Waals surface area contributed by atoms with Gasteiger partial charge in [0.05, 0.1) is 26.0 Å². The number of fused-ring (bicyclic) bond motifs is 1. The maximum atomic E-state index is 12.4. The summed E-state index contributed by atoms with van der Waals surface area (Å²) in [5.74, 6) is 1.84. The first-order chi connectivity index (χ1) is 14.1. The van der Waals surface area contributed by atoms with Crippen molar-refractivity contribution < 1.29 is 14.3 Å². The summed E-state index contributed by atoms with van der Waals surface area (Å²) in [5.41, 5.74) is 4.47. The van der Waals surface area contributed by atoms with Crippen LogP contribution in [0.15, 0.2) is 59.2 Å². The van der Waals surface area contributed by atoms with Crippen LogP contribution in [0.1, 0.15) is 43.4 Å². The van der Waals surface area contributed by atoms with E-state index in [1.807, 2.05) is 36.4 Å². The molecule has 0 aromatic heterocycles. The molecule has 1 amide bonds. The van der Waals surface area contributed by atoms with Crippen molar-refractivity contribution in [2.24, 2.45) is 11.0 Å². The van der Waals surface area contributed by atoms with E-state index in [9.17, 15) is 4.79 Å². The minimum Gasteiger partial charge on any atom is -0.497 e. The molecule has 29 heavy (non-hydrogen) atoms. The van der Waals surface area contributed by atoms with Gasteiger partial charge in [0.15, 0.2) is 0 Å². The SMILES string of the molecule is COc1ccc(C=C2CCC[C@H]3C2=NN(C(C)=O)[C@H]3c2ccc(OC)cc2)cc1. The van der Waals surface area contributed by atoms with E-state index >= 15 is 0 Å². The molecule has 5 nitrogen and oxygen atoms in total. The summed E-state index contributed by atoms with van der Waals surface area (Å²) in [6.45, 7) is 1.59. The Morgan fingerprint density at radius 1 is 1.03 bits per heavy atom. The predicted molar refractivity (Wildman–Crippen MR) is 114 cm³/mol. The van der Waals surface area contributed by atoms with Crippen LogP contribution in [0, 0.1) is 5.92 Å². The lowest BCUT2D eigenvalue weighted by molar-refractivity contribution is -0.131. The van der Waals surface area contributed by atoms with E-state index in [2.05, 4.69) is 18.2 Å². The van der Waals surface area contributed by atoms with Crippen molar-refractivity contribution in [3.05, 3.63) is 65.2 Å².